The Balaban J connectivity index is 1.35. The highest BCUT2D eigenvalue weighted by Gasteiger charge is 2.33. The summed E-state index contributed by atoms with van der Waals surface area (Å²) in [4.78, 5) is 26.3. The number of piperazine rings is 1. The number of anilines is 2. The summed E-state index contributed by atoms with van der Waals surface area (Å²) in [6.45, 7) is 3.12. The number of benzene rings is 1. The van der Waals surface area contributed by atoms with Crippen molar-refractivity contribution >= 4 is 17.5 Å². The third kappa shape index (κ3) is 4.84. The van der Waals surface area contributed by atoms with Crippen LogP contribution < -0.4 is 9.80 Å². The second-order valence-corrected chi connectivity index (χ2v) is 7.44. The van der Waals surface area contributed by atoms with Gasteiger partial charge >= 0.3 is 12.1 Å². The van der Waals surface area contributed by atoms with Crippen LogP contribution in [0.5, 0.6) is 0 Å². The van der Waals surface area contributed by atoms with Gasteiger partial charge in [-0.05, 0) is 29.8 Å². The van der Waals surface area contributed by atoms with E-state index in [1.54, 1.807) is 12.1 Å². The number of nitrogens with one attached hydrogen (secondary N) is 1. The molecule has 0 unspecified atom stereocenters. The van der Waals surface area contributed by atoms with E-state index in [1.807, 2.05) is 24.3 Å². The maximum Gasteiger partial charge on any atom is 0.432 e. The van der Waals surface area contributed by atoms with Crippen LogP contribution in [0.1, 0.15) is 11.3 Å². The molecule has 1 aliphatic heterocycles. The maximum atomic E-state index is 12.7. The van der Waals surface area contributed by atoms with E-state index in [2.05, 4.69) is 24.8 Å². The number of carbonyl (C=O) groups is 1. The molecule has 3 aromatic rings. The summed E-state index contributed by atoms with van der Waals surface area (Å²) < 4.78 is 42.9. The maximum absolute atomic E-state index is 12.7. The van der Waals surface area contributed by atoms with Crippen LogP contribution in [0.4, 0.5) is 24.7 Å². The second kappa shape index (κ2) is 8.89. The first-order chi connectivity index (χ1) is 15.3. The summed E-state index contributed by atoms with van der Waals surface area (Å²) in [5.41, 5.74) is 1.60. The molecule has 1 fully saturated rings. The van der Waals surface area contributed by atoms with Crippen LogP contribution in [-0.4, -0.2) is 54.2 Å². The van der Waals surface area contributed by atoms with Gasteiger partial charge in [-0.3, -0.25) is 4.79 Å². The largest absolute Gasteiger partial charge is 0.469 e. The predicted molar refractivity (Wildman–Crippen MR) is 113 cm³/mol. The van der Waals surface area contributed by atoms with E-state index in [1.165, 1.54) is 13.3 Å². The Morgan fingerprint density at radius 2 is 1.69 bits per heavy atom. The summed E-state index contributed by atoms with van der Waals surface area (Å²) >= 11 is 0. The average molecular weight is 445 g/mol. The zero-order chi connectivity index (χ0) is 22.7. The molecule has 1 N–H and O–H groups in total. The highest BCUT2D eigenvalue weighted by Crippen LogP contribution is 2.29. The molecule has 1 aliphatic rings. The monoisotopic (exact) mass is 445 g/mol. The van der Waals surface area contributed by atoms with Crippen molar-refractivity contribution in [2.24, 2.45) is 0 Å². The zero-order valence-corrected chi connectivity index (χ0v) is 17.4. The molecule has 4 rings (SSSR count). The minimum atomic E-state index is -4.46. The number of alkyl halides is 3. The fraction of sp³-hybridized carbons (Fsp3) is 0.318. The normalized spacial score (nSPS) is 14.5. The number of hydrogen-bond donors (Lipinski definition) is 1. The number of carbonyl (C=O) groups excluding carboxylic acids is 1. The Morgan fingerprint density at radius 3 is 2.25 bits per heavy atom. The van der Waals surface area contributed by atoms with Crippen LogP contribution in [0.2, 0.25) is 0 Å². The number of halogens is 3. The summed E-state index contributed by atoms with van der Waals surface area (Å²) in [7, 11) is 1.37. The van der Waals surface area contributed by atoms with E-state index >= 15 is 0 Å². The van der Waals surface area contributed by atoms with Crippen LogP contribution in [0.15, 0.2) is 48.8 Å². The number of aromatic nitrogens is 3. The second-order valence-electron chi connectivity index (χ2n) is 7.44. The highest BCUT2D eigenvalue weighted by molar-refractivity contribution is 5.72. The number of methoxy groups -OCH3 is 1. The van der Waals surface area contributed by atoms with Gasteiger partial charge < -0.3 is 19.5 Å². The summed E-state index contributed by atoms with van der Waals surface area (Å²) in [5.74, 6) is 0.638. The summed E-state index contributed by atoms with van der Waals surface area (Å²) in [6, 6.07) is 11.4. The van der Waals surface area contributed by atoms with E-state index in [4.69, 9.17) is 4.74 Å². The Kier molecular flexibility index (Phi) is 6.02. The van der Waals surface area contributed by atoms with E-state index in [0.29, 0.717) is 5.56 Å². The number of H-pyrrole nitrogens is 1. The standard InChI is InChI=1S/C22H22F3N5O2/c1-32-20(31)12-15-2-5-17(6-3-15)29-8-10-30(11-9-29)19-7-4-16(13-26-19)21-27-14-18(28-21)22(23,24)25/h2-7,13-14H,8-12H2,1H3,(H,27,28). The molecule has 1 saturated heterocycles. The van der Waals surface area contributed by atoms with Crippen molar-refractivity contribution in [3.63, 3.8) is 0 Å². The van der Waals surface area contributed by atoms with Gasteiger partial charge in [0.25, 0.3) is 0 Å². The Labute approximate surface area is 182 Å². The molecule has 0 spiro atoms. The number of rotatable bonds is 5. The lowest BCUT2D eigenvalue weighted by Crippen LogP contribution is -2.46. The van der Waals surface area contributed by atoms with Crippen molar-refractivity contribution in [2.75, 3.05) is 43.1 Å². The SMILES string of the molecule is COC(=O)Cc1ccc(N2CCN(c3ccc(-c4ncc(C(F)(F)F)[nH]4)cn3)CC2)cc1. The van der Waals surface area contributed by atoms with E-state index in [-0.39, 0.29) is 18.2 Å². The summed E-state index contributed by atoms with van der Waals surface area (Å²) in [6.07, 6.45) is -1.90. The molecule has 1 aromatic carbocycles. The molecule has 0 bridgehead atoms. The topological polar surface area (TPSA) is 74.3 Å². The van der Waals surface area contributed by atoms with E-state index in [9.17, 15) is 18.0 Å². The number of aromatic amines is 1. The first kappa shape index (κ1) is 21.7. The van der Waals surface area contributed by atoms with E-state index in [0.717, 1.165) is 49.4 Å². The molecular weight excluding hydrogens is 423 g/mol. The van der Waals surface area contributed by atoms with Crippen LogP contribution >= 0.6 is 0 Å². The molecule has 3 heterocycles. The van der Waals surface area contributed by atoms with Crippen LogP contribution in [0.3, 0.4) is 0 Å². The van der Waals surface area contributed by atoms with Crippen molar-refractivity contribution < 1.29 is 22.7 Å². The number of pyridine rings is 1. The van der Waals surface area contributed by atoms with Gasteiger partial charge in [0.2, 0.25) is 0 Å². The van der Waals surface area contributed by atoms with Crippen LogP contribution in [0, 0.1) is 0 Å². The van der Waals surface area contributed by atoms with Crippen molar-refractivity contribution in [1.29, 1.82) is 0 Å². The average Bonchev–Trinajstić information content (AvgIpc) is 3.31. The lowest BCUT2D eigenvalue weighted by Gasteiger charge is -2.36. The molecule has 0 aliphatic carbocycles. The Morgan fingerprint density at radius 1 is 1.00 bits per heavy atom. The summed E-state index contributed by atoms with van der Waals surface area (Å²) in [5, 5.41) is 0. The van der Waals surface area contributed by atoms with Crippen LogP contribution in [-0.2, 0) is 22.1 Å². The van der Waals surface area contributed by atoms with Gasteiger partial charge in [-0.1, -0.05) is 12.1 Å². The third-order valence-electron chi connectivity index (χ3n) is 5.38. The lowest BCUT2D eigenvalue weighted by atomic mass is 10.1. The number of esters is 1. The first-order valence-electron chi connectivity index (χ1n) is 10.1. The molecule has 0 saturated carbocycles. The molecular formula is C22H22F3N5O2. The van der Waals surface area contributed by atoms with Crippen molar-refractivity contribution in [1.82, 2.24) is 15.0 Å². The molecule has 168 valence electrons. The number of ether oxygens (including phenoxy) is 1. The Hall–Kier alpha value is -3.56. The zero-order valence-electron chi connectivity index (χ0n) is 17.4. The molecule has 0 amide bonds. The molecule has 10 heteroatoms. The minimum absolute atomic E-state index is 0.136. The fourth-order valence-corrected chi connectivity index (χ4v) is 3.58. The molecule has 2 aromatic heterocycles. The van der Waals surface area contributed by atoms with Crippen molar-refractivity contribution in [3.05, 3.63) is 60.0 Å². The molecule has 0 radical (unpaired) electrons. The number of hydrogen-bond acceptors (Lipinski definition) is 6. The smallest absolute Gasteiger partial charge is 0.432 e. The predicted octanol–water partition coefficient (Wildman–Crippen LogP) is 3.53. The number of imidazole rings is 1. The van der Waals surface area contributed by atoms with Gasteiger partial charge in [0.15, 0.2) is 0 Å². The Bertz CT molecular complexity index is 1060. The van der Waals surface area contributed by atoms with Gasteiger partial charge in [-0.15, -0.1) is 0 Å². The quantitative estimate of drug-likeness (QED) is 0.606. The minimum Gasteiger partial charge on any atom is -0.469 e. The van der Waals surface area contributed by atoms with Gasteiger partial charge in [0.1, 0.15) is 17.3 Å². The van der Waals surface area contributed by atoms with E-state index < -0.39 is 11.9 Å². The molecule has 32 heavy (non-hydrogen) atoms. The first-order valence-corrected chi connectivity index (χ1v) is 10.1. The highest BCUT2D eigenvalue weighted by atomic mass is 19.4. The van der Waals surface area contributed by atoms with Crippen LogP contribution in [0.25, 0.3) is 11.4 Å². The van der Waals surface area contributed by atoms with Gasteiger partial charge in [0, 0.05) is 43.6 Å². The van der Waals surface area contributed by atoms with Crippen molar-refractivity contribution in [3.8, 4) is 11.4 Å². The van der Waals surface area contributed by atoms with Gasteiger partial charge in [0.05, 0.1) is 19.7 Å². The van der Waals surface area contributed by atoms with Gasteiger partial charge in [-0.25, -0.2) is 9.97 Å². The van der Waals surface area contributed by atoms with Gasteiger partial charge in [-0.2, -0.15) is 13.2 Å². The molecule has 0 atom stereocenters. The lowest BCUT2D eigenvalue weighted by molar-refractivity contribution is -0.141. The van der Waals surface area contributed by atoms with Crippen molar-refractivity contribution in [2.45, 2.75) is 12.6 Å². The fourth-order valence-electron chi connectivity index (χ4n) is 3.58. The third-order valence-corrected chi connectivity index (χ3v) is 5.38. The molecule has 7 nitrogen and oxygen atoms in total. The number of nitrogens with zero attached hydrogens (tertiary/aromatic N) is 4.